The van der Waals surface area contributed by atoms with E-state index in [0.717, 1.165) is 40.7 Å². The Labute approximate surface area is 134 Å². The molecule has 0 saturated heterocycles. The van der Waals surface area contributed by atoms with E-state index in [2.05, 4.69) is 69.0 Å². The van der Waals surface area contributed by atoms with E-state index in [4.69, 9.17) is 0 Å². The van der Waals surface area contributed by atoms with Crippen LogP contribution < -0.4 is 10.2 Å². The predicted molar refractivity (Wildman–Crippen MR) is 92.5 cm³/mol. The molecule has 0 unspecified atom stereocenters. The number of aromatic nitrogens is 2. The molecule has 0 amide bonds. The summed E-state index contributed by atoms with van der Waals surface area (Å²) in [6, 6.07) is 8.20. The number of anilines is 3. The van der Waals surface area contributed by atoms with Gasteiger partial charge in [-0.1, -0.05) is 6.07 Å². The zero-order valence-corrected chi connectivity index (χ0v) is 14.5. The standard InChI is InChI=1S/C16H21BrN4/c1-5-21(6-2)16-10-15(18-12(4)19-16)20-14-8-7-11(3)9-13(14)17/h7-10H,5-6H2,1-4H3,(H,18,19,20). The Hall–Kier alpha value is -1.62. The second kappa shape index (κ2) is 6.89. The van der Waals surface area contributed by atoms with Crippen molar-refractivity contribution in [3.05, 3.63) is 40.1 Å². The molecule has 0 aliphatic rings. The topological polar surface area (TPSA) is 41.0 Å². The summed E-state index contributed by atoms with van der Waals surface area (Å²) in [6.45, 7) is 10.1. The fourth-order valence-corrected chi connectivity index (χ4v) is 2.78. The minimum atomic E-state index is 0.769. The molecule has 2 aromatic rings. The van der Waals surface area contributed by atoms with Crippen molar-refractivity contribution in [1.82, 2.24) is 9.97 Å². The van der Waals surface area contributed by atoms with Crippen LogP contribution in [0.25, 0.3) is 0 Å². The third-order valence-electron chi connectivity index (χ3n) is 3.30. The van der Waals surface area contributed by atoms with E-state index in [1.54, 1.807) is 0 Å². The van der Waals surface area contributed by atoms with Crippen LogP contribution in [0.15, 0.2) is 28.7 Å². The fourth-order valence-electron chi connectivity index (χ4n) is 2.19. The molecule has 5 heteroatoms. The van der Waals surface area contributed by atoms with Crippen LogP contribution in [0.2, 0.25) is 0 Å². The lowest BCUT2D eigenvalue weighted by molar-refractivity contribution is 0.835. The van der Waals surface area contributed by atoms with Gasteiger partial charge in [0.2, 0.25) is 0 Å². The summed E-state index contributed by atoms with van der Waals surface area (Å²) in [6.07, 6.45) is 0. The second-order valence-corrected chi connectivity index (χ2v) is 5.79. The van der Waals surface area contributed by atoms with Crippen molar-refractivity contribution in [1.29, 1.82) is 0 Å². The van der Waals surface area contributed by atoms with E-state index in [1.165, 1.54) is 5.56 Å². The maximum absolute atomic E-state index is 4.52. The number of hydrogen-bond acceptors (Lipinski definition) is 4. The van der Waals surface area contributed by atoms with E-state index in [-0.39, 0.29) is 0 Å². The van der Waals surface area contributed by atoms with Gasteiger partial charge >= 0.3 is 0 Å². The van der Waals surface area contributed by atoms with Crippen LogP contribution in [0.4, 0.5) is 17.3 Å². The fraction of sp³-hybridized carbons (Fsp3) is 0.375. The van der Waals surface area contributed by atoms with Crippen molar-refractivity contribution in [2.24, 2.45) is 0 Å². The molecule has 1 heterocycles. The molecule has 2 rings (SSSR count). The van der Waals surface area contributed by atoms with Gasteiger partial charge in [-0.3, -0.25) is 0 Å². The van der Waals surface area contributed by atoms with Crippen LogP contribution in [-0.4, -0.2) is 23.1 Å². The molecule has 0 fully saturated rings. The van der Waals surface area contributed by atoms with Crippen molar-refractivity contribution in [2.45, 2.75) is 27.7 Å². The number of halogens is 1. The van der Waals surface area contributed by atoms with Crippen molar-refractivity contribution < 1.29 is 0 Å². The van der Waals surface area contributed by atoms with Crippen molar-refractivity contribution in [2.75, 3.05) is 23.3 Å². The van der Waals surface area contributed by atoms with Crippen LogP contribution in [0, 0.1) is 13.8 Å². The third-order valence-corrected chi connectivity index (χ3v) is 3.96. The summed E-state index contributed by atoms with van der Waals surface area (Å²) in [5, 5.41) is 3.36. The number of rotatable bonds is 5. The first kappa shape index (κ1) is 15.8. The molecule has 1 N–H and O–H groups in total. The molecule has 0 radical (unpaired) electrons. The SMILES string of the molecule is CCN(CC)c1cc(Nc2ccc(C)cc2Br)nc(C)n1. The minimum absolute atomic E-state index is 0.769. The Kier molecular flexibility index (Phi) is 5.17. The van der Waals surface area contributed by atoms with Gasteiger partial charge in [0.25, 0.3) is 0 Å². The molecule has 112 valence electrons. The van der Waals surface area contributed by atoms with E-state index in [1.807, 2.05) is 19.1 Å². The molecular weight excluding hydrogens is 328 g/mol. The van der Waals surface area contributed by atoms with Gasteiger partial charge in [0.05, 0.1) is 5.69 Å². The molecule has 0 bridgehead atoms. The molecule has 4 nitrogen and oxygen atoms in total. The molecule has 1 aromatic heterocycles. The first-order valence-corrected chi connectivity index (χ1v) is 7.96. The zero-order valence-electron chi connectivity index (χ0n) is 12.9. The van der Waals surface area contributed by atoms with Crippen LogP contribution in [0.1, 0.15) is 25.2 Å². The monoisotopic (exact) mass is 348 g/mol. The Bertz CT molecular complexity index is 624. The highest BCUT2D eigenvalue weighted by Gasteiger charge is 2.08. The lowest BCUT2D eigenvalue weighted by atomic mass is 10.2. The van der Waals surface area contributed by atoms with Gasteiger partial charge in [-0.25, -0.2) is 9.97 Å². The molecular formula is C16H21BrN4. The second-order valence-electron chi connectivity index (χ2n) is 4.94. The zero-order chi connectivity index (χ0) is 15.4. The summed E-state index contributed by atoms with van der Waals surface area (Å²) < 4.78 is 1.03. The van der Waals surface area contributed by atoms with Crippen molar-refractivity contribution in [3.63, 3.8) is 0 Å². The molecule has 0 aliphatic heterocycles. The highest BCUT2D eigenvalue weighted by Crippen LogP contribution is 2.27. The summed E-state index contributed by atoms with van der Waals surface area (Å²) in [5.41, 5.74) is 2.22. The average molecular weight is 349 g/mol. The van der Waals surface area contributed by atoms with E-state index in [9.17, 15) is 0 Å². The highest BCUT2D eigenvalue weighted by atomic mass is 79.9. The Morgan fingerprint density at radius 1 is 1.10 bits per heavy atom. The van der Waals surface area contributed by atoms with E-state index >= 15 is 0 Å². The van der Waals surface area contributed by atoms with Gasteiger partial charge in [0.1, 0.15) is 17.5 Å². The minimum Gasteiger partial charge on any atom is -0.357 e. The number of aryl methyl sites for hydroxylation is 2. The number of benzene rings is 1. The first-order chi connectivity index (χ1) is 10.0. The summed E-state index contributed by atoms with van der Waals surface area (Å²) in [7, 11) is 0. The average Bonchev–Trinajstić information content (AvgIpc) is 2.43. The number of nitrogens with one attached hydrogen (secondary N) is 1. The van der Waals surface area contributed by atoms with Crippen molar-refractivity contribution in [3.8, 4) is 0 Å². The van der Waals surface area contributed by atoms with Gasteiger partial charge in [-0.2, -0.15) is 0 Å². The van der Waals surface area contributed by atoms with Crippen LogP contribution in [0.5, 0.6) is 0 Å². The Morgan fingerprint density at radius 3 is 2.43 bits per heavy atom. The number of hydrogen-bond donors (Lipinski definition) is 1. The molecule has 0 aliphatic carbocycles. The quantitative estimate of drug-likeness (QED) is 0.866. The summed E-state index contributed by atoms with van der Waals surface area (Å²) in [5.74, 6) is 2.54. The van der Waals surface area contributed by atoms with E-state index in [0.29, 0.717) is 0 Å². The molecule has 0 atom stereocenters. The van der Waals surface area contributed by atoms with Gasteiger partial charge in [0, 0.05) is 23.6 Å². The van der Waals surface area contributed by atoms with Crippen molar-refractivity contribution >= 4 is 33.3 Å². The summed E-state index contributed by atoms with van der Waals surface area (Å²) >= 11 is 3.58. The summed E-state index contributed by atoms with van der Waals surface area (Å²) in [4.78, 5) is 11.2. The van der Waals surface area contributed by atoms with Gasteiger partial charge in [-0.15, -0.1) is 0 Å². The van der Waals surface area contributed by atoms with Gasteiger partial charge < -0.3 is 10.2 Å². The Balaban J connectivity index is 2.31. The third kappa shape index (κ3) is 3.94. The highest BCUT2D eigenvalue weighted by molar-refractivity contribution is 9.10. The largest absolute Gasteiger partial charge is 0.357 e. The van der Waals surface area contributed by atoms with Crippen LogP contribution >= 0.6 is 15.9 Å². The smallest absolute Gasteiger partial charge is 0.136 e. The molecule has 0 saturated carbocycles. The van der Waals surface area contributed by atoms with Gasteiger partial charge in [0.15, 0.2) is 0 Å². The maximum atomic E-state index is 4.52. The lowest BCUT2D eigenvalue weighted by Crippen LogP contribution is -2.23. The first-order valence-electron chi connectivity index (χ1n) is 7.17. The number of nitrogens with zero attached hydrogens (tertiary/aromatic N) is 3. The predicted octanol–water partition coefficient (Wildman–Crippen LogP) is 4.45. The van der Waals surface area contributed by atoms with Gasteiger partial charge in [-0.05, 0) is 61.3 Å². The van der Waals surface area contributed by atoms with E-state index < -0.39 is 0 Å². The molecule has 0 spiro atoms. The van der Waals surface area contributed by atoms with Crippen LogP contribution in [0.3, 0.4) is 0 Å². The molecule has 21 heavy (non-hydrogen) atoms. The normalized spacial score (nSPS) is 10.5. The Morgan fingerprint density at radius 2 is 1.81 bits per heavy atom. The lowest BCUT2D eigenvalue weighted by Gasteiger charge is -2.21. The maximum Gasteiger partial charge on any atom is 0.136 e. The molecule has 1 aromatic carbocycles. The van der Waals surface area contributed by atoms with Crippen LogP contribution in [-0.2, 0) is 0 Å².